The predicted octanol–water partition coefficient (Wildman–Crippen LogP) is 2.28. The third-order valence-electron chi connectivity index (χ3n) is 3.21. The standard InChI is InChI=1S/C15H15N3O4/c19-18(20)14-10-17-9-13(22-15(17)16-14)11-21-8-4-7-12-5-2-1-3-6-12/h1-7,10,13H,8-9,11H2/b7-4+. The van der Waals surface area contributed by atoms with Gasteiger partial charge in [0.05, 0.1) is 19.8 Å². The molecule has 114 valence electrons. The van der Waals surface area contributed by atoms with E-state index in [9.17, 15) is 10.1 Å². The highest BCUT2D eigenvalue weighted by Gasteiger charge is 2.31. The van der Waals surface area contributed by atoms with Crippen LogP contribution in [0.25, 0.3) is 6.08 Å². The minimum atomic E-state index is -0.533. The Bertz CT molecular complexity index is 658. The smallest absolute Gasteiger partial charge is 0.414 e. The van der Waals surface area contributed by atoms with E-state index in [1.165, 1.54) is 6.20 Å². The van der Waals surface area contributed by atoms with Crippen molar-refractivity contribution in [1.29, 1.82) is 0 Å². The number of rotatable bonds is 6. The Morgan fingerprint density at radius 1 is 1.45 bits per heavy atom. The lowest BCUT2D eigenvalue weighted by atomic mass is 10.2. The summed E-state index contributed by atoms with van der Waals surface area (Å²) in [5.74, 6) is -0.194. The number of benzene rings is 1. The lowest BCUT2D eigenvalue weighted by molar-refractivity contribution is -0.389. The van der Waals surface area contributed by atoms with Crippen LogP contribution in [0.5, 0.6) is 6.01 Å². The van der Waals surface area contributed by atoms with Crippen molar-refractivity contribution < 1.29 is 14.4 Å². The molecule has 0 N–H and O–H groups in total. The third-order valence-corrected chi connectivity index (χ3v) is 3.21. The first-order valence-electron chi connectivity index (χ1n) is 6.90. The van der Waals surface area contributed by atoms with Gasteiger partial charge in [0.25, 0.3) is 0 Å². The van der Waals surface area contributed by atoms with Crippen molar-refractivity contribution in [3.8, 4) is 6.01 Å². The molecule has 1 aromatic heterocycles. The molecule has 0 saturated heterocycles. The lowest BCUT2D eigenvalue weighted by Gasteiger charge is -2.07. The van der Waals surface area contributed by atoms with Gasteiger partial charge in [0.2, 0.25) is 0 Å². The van der Waals surface area contributed by atoms with Gasteiger partial charge < -0.3 is 19.6 Å². The van der Waals surface area contributed by atoms with E-state index in [2.05, 4.69) is 4.98 Å². The predicted molar refractivity (Wildman–Crippen MR) is 79.6 cm³/mol. The Hall–Kier alpha value is -2.67. The number of hydrogen-bond donors (Lipinski definition) is 0. The van der Waals surface area contributed by atoms with Gasteiger partial charge in [-0.05, 0) is 10.5 Å². The van der Waals surface area contributed by atoms with Gasteiger partial charge in [-0.2, -0.15) is 0 Å². The van der Waals surface area contributed by atoms with E-state index >= 15 is 0 Å². The highest BCUT2D eigenvalue weighted by molar-refractivity contribution is 5.48. The molecule has 0 amide bonds. The number of aromatic nitrogens is 2. The summed E-state index contributed by atoms with van der Waals surface area (Å²) < 4.78 is 12.7. The molecule has 7 nitrogen and oxygen atoms in total. The molecule has 2 heterocycles. The molecule has 1 atom stereocenters. The third kappa shape index (κ3) is 3.32. The van der Waals surface area contributed by atoms with Crippen molar-refractivity contribution in [3.63, 3.8) is 0 Å². The Labute approximate surface area is 127 Å². The molecule has 1 aliphatic heterocycles. The summed E-state index contributed by atoms with van der Waals surface area (Å²) in [5.41, 5.74) is 1.12. The summed E-state index contributed by atoms with van der Waals surface area (Å²) in [4.78, 5) is 13.9. The largest absolute Gasteiger partial charge is 0.438 e. The second-order valence-corrected chi connectivity index (χ2v) is 4.88. The maximum Gasteiger partial charge on any atom is 0.414 e. The highest BCUT2D eigenvalue weighted by atomic mass is 16.6. The molecular weight excluding hydrogens is 286 g/mol. The summed E-state index contributed by atoms with van der Waals surface area (Å²) in [6.45, 7) is 1.41. The Morgan fingerprint density at radius 2 is 2.27 bits per heavy atom. The zero-order valence-corrected chi connectivity index (χ0v) is 11.8. The van der Waals surface area contributed by atoms with Crippen LogP contribution in [-0.4, -0.2) is 33.8 Å². The highest BCUT2D eigenvalue weighted by Crippen LogP contribution is 2.24. The number of nitrogens with zero attached hydrogens (tertiary/aromatic N) is 3. The Balaban J connectivity index is 1.41. The Kier molecular flexibility index (Phi) is 4.15. The zero-order valence-electron chi connectivity index (χ0n) is 11.8. The molecule has 2 aromatic rings. The van der Waals surface area contributed by atoms with Crippen LogP contribution in [0, 0.1) is 10.1 Å². The fraction of sp³-hybridized carbons (Fsp3) is 0.267. The lowest BCUT2D eigenvalue weighted by Crippen LogP contribution is -2.21. The fourth-order valence-electron chi connectivity index (χ4n) is 2.21. The minimum Gasteiger partial charge on any atom is -0.438 e. The number of nitro groups is 1. The summed E-state index contributed by atoms with van der Waals surface area (Å²) >= 11 is 0. The van der Waals surface area contributed by atoms with Crippen molar-refractivity contribution in [2.75, 3.05) is 13.2 Å². The van der Waals surface area contributed by atoms with E-state index in [0.29, 0.717) is 19.8 Å². The maximum atomic E-state index is 10.6. The normalized spacial score (nSPS) is 16.6. The van der Waals surface area contributed by atoms with Crippen LogP contribution in [0.2, 0.25) is 0 Å². The second-order valence-electron chi connectivity index (χ2n) is 4.88. The molecule has 0 bridgehead atoms. The van der Waals surface area contributed by atoms with Crippen molar-refractivity contribution in [2.24, 2.45) is 0 Å². The van der Waals surface area contributed by atoms with Gasteiger partial charge >= 0.3 is 11.8 Å². The molecule has 0 spiro atoms. The zero-order chi connectivity index (χ0) is 15.4. The minimum absolute atomic E-state index is 0.159. The quantitative estimate of drug-likeness (QED) is 0.464. The summed E-state index contributed by atoms with van der Waals surface area (Å²) in [6, 6.07) is 10.2. The van der Waals surface area contributed by atoms with Gasteiger partial charge in [-0.3, -0.25) is 4.57 Å². The first-order chi connectivity index (χ1) is 10.7. The SMILES string of the molecule is O=[N+]([O-])c1cn2c(n1)OC(COC/C=C/c1ccccc1)C2. The molecule has 3 rings (SSSR count). The number of fused-ring (bicyclic) bond motifs is 1. The van der Waals surface area contributed by atoms with Crippen LogP contribution < -0.4 is 4.74 Å². The van der Waals surface area contributed by atoms with Crippen molar-refractivity contribution >= 4 is 11.9 Å². The van der Waals surface area contributed by atoms with E-state index in [-0.39, 0.29) is 17.9 Å². The van der Waals surface area contributed by atoms with E-state index in [4.69, 9.17) is 9.47 Å². The average molecular weight is 301 g/mol. The van der Waals surface area contributed by atoms with Gasteiger partial charge in [-0.25, -0.2) is 0 Å². The Morgan fingerprint density at radius 3 is 3.00 bits per heavy atom. The van der Waals surface area contributed by atoms with E-state index in [1.807, 2.05) is 42.5 Å². The molecule has 1 unspecified atom stereocenters. The number of imidazole rings is 1. The topological polar surface area (TPSA) is 79.4 Å². The summed E-state index contributed by atoms with van der Waals surface area (Å²) in [6.07, 6.45) is 5.15. The fourth-order valence-corrected chi connectivity index (χ4v) is 2.21. The molecule has 22 heavy (non-hydrogen) atoms. The first-order valence-corrected chi connectivity index (χ1v) is 6.90. The molecule has 0 radical (unpaired) electrons. The van der Waals surface area contributed by atoms with E-state index in [0.717, 1.165) is 5.56 Å². The number of ether oxygens (including phenoxy) is 2. The molecule has 7 heteroatoms. The summed E-state index contributed by atoms with van der Waals surface area (Å²) in [5, 5.41) is 10.6. The molecule has 0 aliphatic carbocycles. The average Bonchev–Trinajstić information content (AvgIpc) is 3.06. The van der Waals surface area contributed by atoms with Crippen LogP contribution in [0.1, 0.15) is 5.56 Å². The van der Waals surface area contributed by atoms with Crippen molar-refractivity contribution in [3.05, 3.63) is 58.3 Å². The first kappa shape index (κ1) is 14.3. The van der Waals surface area contributed by atoms with Crippen molar-refractivity contribution in [1.82, 2.24) is 9.55 Å². The molecular formula is C15H15N3O4. The molecule has 1 aromatic carbocycles. The van der Waals surface area contributed by atoms with Gasteiger partial charge in [-0.15, -0.1) is 0 Å². The van der Waals surface area contributed by atoms with E-state index < -0.39 is 4.92 Å². The van der Waals surface area contributed by atoms with Gasteiger partial charge in [-0.1, -0.05) is 42.5 Å². The summed E-state index contributed by atoms with van der Waals surface area (Å²) in [7, 11) is 0. The van der Waals surface area contributed by atoms with E-state index in [1.54, 1.807) is 4.57 Å². The van der Waals surface area contributed by atoms with Gasteiger partial charge in [0.15, 0.2) is 0 Å². The monoisotopic (exact) mass is 301 g/mol. The van der Waals surface area contributed by atoms with Crippen LogP contribution in [0.4, 0.5) is 5.82 Å². The van der Waals surface area contributed by atoms with Gasteiger partial charge in [0.1, 0.15) is 12.3 Å². The maximum absolute atomic E-state index is 10.6. The molecule has 1 aliphatic rings. The molecule has 0 fully saturated rings. The van der Waals surface area contributed by atoms with Crippen LogP contribution in [0.3, 0.4) is 0 Å². The van der Waals surface area contributed by atoms with Crippen LogP contribution in [-0.2, 0) is 11.3 Å². The second kappa shape index (κ2) is 6.40. The van der Waals surface area contributed by atoms with Gasteiger partial charge in [0, 0.05) is 4.98 Å². The van der Waals surface area contributed by atoms with Crippen LogP contribution in [0.15, 0.2) is 42.6 Å². The van der Waals surface area contributed by atoms with Crippen LogP contribution >= 0.6 is 0 Å². The number of hydrogen-bond acceptors (Lipinski definition) is 5. The molecule has 0 saturated carbocycles. The van der Waals surface area contributed by atoms with Crippen molar-refractivity contribution in [2.45, 2.75) is 12.6 Å².